The molecule has 0 bridgehead atoms. The lowest BCUT2D eigenvalue weighted by atomic mass is 10.0. The molecule has 2 aliphatic heterocycles. The summed E-state index contributed by atoms with van der Waals surface area (Å²) >= 11 is 6.50. The fraction of sp³-hybridized carbons (Fsp3) is 0.478. The summed E-state index contributed by atoms with van der Waals surface area (Å²) in [7, 11) is 0. The van der Waals surface area contributed by atoms with Crippen LogP contribution in [0, 0.1) is 6.92 Å². The molecule has 7 nitrogen and oxygen atoms in total. The third kappa shape index (κ3) is 5.54. The molecule has 4 rings (SSSR count). The molecule has 166 valence electrons. The molecule has 2 saturated heterocycles. The van der Waals surface area contributed by atoms with Crippen molar-refractivity contribution in [3.8, 4) is 0 Å². The van der Waals surface area contributed by atoms with Gasteiger partial charge >= 0.3 is 0 Å². The van der Waals surface area contributed by atoms with Crippen LogP contribution in [0.5, 0.6) is 0 Å². The van der Waals surface area contributed by atoms with Crippen molar-refractivity contribution in [2.45, 2.75) is 13.0 Å². The van der Waals surface area contributed by atoms with Crippen LogP contribution in [0.2, 0.25) is 5.02 Å². The first-order chi connectivity index (χ1) is 15.1. The van der Waals surface area contributed by atoms with Crippen LogP contribution < -0.4 is 5.32 Å². The Balaban J connectivity index is 1.47. The molecular weight excluding hydrogens is 416 g/mol. The fourth-order valence-corrected chi connectivity index (χ4v) is 4.28. The molecule has 0 radical (unpaired) electrons. The number of carbonyl (C=O) groups excluding carboxylic acids is 1. The van der Waals surface area contributed by atoms with E-state index in [0.717, 1.165) is 26.3 Å². The minimum atomic E-state index is -0.0600. The van der Waals surface area contributed by atoms with Crippen LogP contribution in [-0.4, -0.2) is 79.8 Å². The summed E-state index contributed by atoms with van der Waals surface area (Å²) in [5.74, 6) is 0.529. The number of nitrogens with zero attached hydrogens (tertiary/aromatic N) is 3. The van der Waals surface area contributed by atoms with E-state index in [0.29, 0.717) is 49.3 Å². The molecule has 8 heteroatoms. The monoisotopic (exact) mass is 444 g/mol. The molecule has 1 aromatic carbocycles. The van der Waals surface area contributed by atoms with Crippen molar-refractivity contribution >= 4 is 23.3 Å². The maximum absolute atomic E-state index is 12.7. The standard InChI is InChI=1S/C23H29ClN4O3/c1-17-3-2-4-18(13-17)21(27-5-9-30-10-6-27)16-26-22-20(24)14-19(15-25-22)23(29)28-7-11-31-12-8-28/h2-4,13-15,21H,5-12,16H2,1H3,(H,25,26). The van der Waals surface area contributed by atoms with Gasteiger partial charge in [0.2, 0.25) is 0 Å². The minimum absolute atomic E-state index is 0.0600. The Morgan fingerprint density at radius 3 is 2.52 bits per heavy atom. The SMILES string of the molecule is Cc1cccc(C(CNc2ncc(C(=O)N3CCOCC3)cc2Cl)N2CCOCC2)c1. The van der Waals surface area contributed by atoms with Crippen LogP contribution in [0.3, 0.4) is 0 Å². The predicted molar refractivity (Wildman–Crippen MR) is 121 cm³/mol. The second-order valence-corrected chi connectivity index (χ2v) is 8.33. The number of rotatable bonds is 6. The third-order valence-electron chi connectivity index (χ3n) is 5.76. The lowest BCUT2D eigenvalue weighted by Gasteiger charge is -2.35. The van der Waals surface area contributed by atoms with E-state index in [1.54, 1.807) is 17.2 Å². The van der Waals surface area contributed by atoms with Crippen LogP contribution in [0.25, 0.3) is 0 Å². The van der Waals surface area contributed by atoms with Crippen LogP contribution in [0.4, 0.5) is 5.82 Å². The molecule has 2 aromatic rings. The van der Waals surface area contributed by atoms with Crippen molar-refractivity contribution in [3.05, 3.63) is 58.2 Å². The summed E-state index contributed by atoms with van der Waals surface area (Å²) in [5, 5.41) is 3.85. The van der Waals surface area contributed by atoms with Gasteiger partial charge in [0.15, 0.2) is 0 Å². The highest BCUT2D eigenvalue weighted by Crippen LogP contribution is 2.26. The first-order valence-corrected chi connectivity index (χ1v) is 11.1. The molecule has 2 fully saturated rings. The van der Waals surface area contributed by atoms with Crippen LogP contribution in [0.1, 0.15) is 27.5 Å². The molecule has 31 heavy (non-hydrogen) atoms. The number of carbonyl (C=O) groups is 1. The van der Waals surface area contributed by atoms with Crippen LogP contribution in [-0.2, 0) is 9.47 Å². The quantitative estimate of drug-likeness (QED) is 0.738. The fourth-order valence-electron chi connectivity index (χ4n) is 4.05. The van der Waals surface area contributed by atoms with Crippen molar-refractivity contribution < 1.29 is 14.3 Å². The van der Waals surface area contributed by atoms with Gasteiger partial charge < -0.3 is 19.7 Å². The van der Waals surface area contributed by atoms with Gasteiger partial charge in [0, 0.05) is 38.9 Å². The van der Waals surface area contributed by atoms with Crippen LogP contribution in [0.15, 0.2) is 36.5 Å². The number of halogens is 1. The average Bonchev–Trinajstić information content (AvgIpc) is 2.81. The lowest BCUT2D eigenvalue weighted by Crippen LogP contribution is -2.41. The van der Waals surface area contributed by atoms with Crippen molar-refractivity contribution in [3.63, 3.8) is 0 Å². The van der Waals surface area contributed by atoms with Crippen molar-refractivity contribution in [2.75, 3.05) is 64.5 Å². The van der Waals surface area contributed by atoms with E-state index in [2.05, 4.69) is 46.4 Å². The highest BCUT2D eigenvalue weighted by molar-refractivity contribution is 6.33. The third-order valence-corrected chi connectivity index (χ3v) is 6.05. The normalized spacial score (nSPS) is 18.6. The van der Waals surface area contributed by atoms with Crippen LogP contribution >= 0.6 is 11.6 Å². The molecule has 1 N–H and O–H groups in total. The number of pyridine rings is 1. The summed E-state index contributed by atoms with van der Waals surface area (Å²) in [6.07, 6.45) is 1.60. The van der Waals surface area contributed by atoms with Gasteiger partial charge in [-0.3, -0.25) is 9.69 Å². The van der Waals surface area contributed by atoms with Gasteiger partial charge in [-0.2, -0.15) is 0 Å². The molecule has 2 aliphatic rings. The zero-order chi connectivity index (χ0) is 21.6. The molecule has 1 amide bonds. The molecule has 0 saturated carbocycles. The van der Waals surface area contributed by atoms with E-state index >= 15 is 0 Å². The number of morpholine rings is 2. The lowest BCUT2D eigenvalue weighted by molar-refractivity contribution is 0.0187. The first-order valence-electron chi connectivity index (χ1n) is 10.8. The van der Waals surface area contributed by atoms with Gasteiger partial charge in [-0.1, -0.05) is 41.4 Å². The van der Waals surface area contributed by atoms with Crippen molar-refractivity contribution in [1.29, 1.82) is 0 Å². The van der Waals surface area contributed by atoms with Gasteiger partial charge in [-0.05, 0) is 18.6 Å². The number of aromatic nitrogens is 1. The summed E-state index contributed by atoms with van der Waals surface area (Å²) in [4.78, 5) is 21.3. The maximum atomic E-state index is 12.7. The molecule has 3 heterocycles. The van der Waals surface area contributed by atoms with E-state index in [9.17, 15) is 4.79 Å². The Bertz CT molecular complexity index is 898. The Hall–Kier alpha value is -2.19. The smallest absolute Gasteiger partial charge is 0.255 e. The molecular formula is C23H29ClN4O3. The first kappa shape index (κ1) is 22.0. The Morgan fingerprint density at radius 2 is 1.84 bits per heavy atom. The van der Waals surface area contributed by atoms with E-state index < -0.39 is 0 Å². The number of aryl methyl sites for hydroxylation is 1. The average molecular weight is 445 g/mol. The number of benzene rings is 1. The van der Waals surface area contributed by atoms with Crippen molar-refractivity contribution in [1.82, 2.24) is 14.8 Å². The Kier molecular flexibility index (Phi) is 7.40. The molecule has 1 atom stereocenters. The molecule has 0 spiro atoms. The second kappa shape index (κ2) is 10.4. The second-order valence-electron chi connectivity index (χ2n) is 7.92. The molecule has 0 aliphatic carbocycles. The number of ether oxygens (including phenoxy) is 2. The maximum Gasteiger partial charge on any atom is 0.255 e. The number of anilines is 1. The largest absolute Gasteiger partial charge is 0.379 e. The summed E-state index contributed by atoms with van der Waals surface area (Å²) < 4.78 is 10.9. The van der Waals surface area contributed by atoms with E-state index in [1.807, 2.05) is 0 Å². The summed E-state index contributed by atoms with van der Waals surface area (Å²) in [6.45, 7) is 8.32. The van der Waals surface area contributed by atoms with Gasteiger partial charge in [-0.15, -0.1) is 0 Å². The minimum Gasteiger partial charge on any atom is -0.379 e. The summed E-state index contributed by atoms with van der Waals surface area (Å²) in [5.41, 5.74) is 2.99. The molecule has 1 aromatic heterocycles. The Labute approximate surface area is 188 Å². The zero-order valence-electron chi connectivity index (χ0n) is 17.8. The number of hydrogen-bond acceptors (Lipinski definition) is 6. The van der Waals surface area contributed by atoms with Gasteiger partial charge in [0.25, 0.3) is 5.91 Å². The van der Waals surface area contributed by atoms with Crippen molar-refractivity contribution in [2.24, 2.45) is 0 Å². The van der Waals surface area contributed by atoms with Gasteiger partial charge in [0.05, 0.1) is 43.1 Å². The van der Waals surface area contributed by atoms with E-state index in [-0.39, 0.29) is 11.9 Å². The van der Waals surface area contributed by atoms with Gasteiger partial charge in [0.1, 0.15) is 5.82 Å². The topological polar surface area (TPSA) is 66.9 Å². The summed E-state index contributed by atoms with van der Waals surface area (Å²) in [6, 6.07) is 10.5. The highest BCUT2D eigenvalue weighted by Gasteiger charge is 2.24. The number of hydrogen-bond donors (Lipinski definition) is 1. The predicted octanol–water partition coefficient (Wildman–Crippen LogP) is 3.00. The number of amides is 1. The van der Waals surface area contributed by atoms with Gasteiger partial charge in [-0.25, -0.2) is 4.98 Å². The van der Waals surface area contributed by atoms with E-state index in [1.165, 1.54) is 11.1 Å². The Morgan fingerprint density at radius 1 is 1.13 bits per heavy atom. The van der Waals surface area contributed by atoms with E-state index in [4.69, 9.17) is 21.1 Å². The highest BCUT2D eigenvalue weighted by atomic mass is 35.5. The zero-order valence-corrected chi connectivity index (χ0v) is 18.6. The molecule has 1 unspecified atom stereocenters. The number of nitrogens with one attached hydrogen (secondary N) is 1.